The molecule has 1 aromatic carbocycles. The molecule has 2 aliphatic rings. The van der Waals surface area contributed by atoms with Gasteiger partial charge in [0.25, 0.3) is 0 Å². The maximum Gasteiger partial charge on any atom is 0.401 e. The van der Waals surface area contributed by atoms with Gasteiger partial charge in [-0.3, -0.25) is 4.90 Å². The van der Waals surface area contributed by atoms with Crippen molar-refractivity contribution in [3.63, 3.8) is 0 Å². The van der Waals surface area contributed by atoms with Crippen molar-refractivity contribution in [2.45, 2.75) is 12.2 Å². The Bertz CT molecular complexity index is 1090. The molecule has 0 aliphatic carbocycles. The standard InChI is InChI=1S/C19H18BrF3N6O/c20-16-9-28-4-3-24-18(28)17(26-16)25-12-1-2-14-15(7-12)30-10-13-8-27(5-6-29(13)14)11-19(21,22)23/h1-4,7,9,13H,5-6,8,10-11H2,(H,25,26)/t13-/m1/s1. The number of fused-ring (bicyclic) bond motifs is 4. The molecule has 2 aliphatic heterocycles. The zero-order valence-corrected chi connectivity index (χ0v) is 17.3. The Kier molecular flexibility index (Phi) is 4.73. The van der Waals surface area contributed by atoms with Gasteiger partial charge in [-0.2, -0.15) is 13.2 Å². The van der Waals surface area contributed by atoms with Gasteiger partial charge in [-0.15, -0.1) is 0 Å². The molecule has 11 heteroatoms. The third-order valence-electron chi connectivity index (χ3n) is 5.28. The zero-order chi connectivity index (χ0) is 20.9. The van der Waals surface area contributed by atoms with E-state index in [1.54, 1.807) is 6.20 Å². The average Bonchev–Trinajstić information content (AvgIpc) is 3.15. The lowest BCUT2D eigenvalue weighted by atomic mass is 10.1. The second-order valence-electron chi connectivity index (χ2n) is 7.39. The van der Waals surface area contributed by atoms with Crippen LogP contribution in [0.5, 0.6) is 5.75 Å². The van der Waals surface area contributed by atoms with Crippen molar-refractivity contribution in [2.24, 2.45) is 0 Å². The first kappa shape index (κ1) is 19.4. The Morgan fingerprint density at radius 1 is 1.27 bits per heavy atom. The molecule has 0 unspecified atom stereocenters. The van der Waals surface area contributed by atoms with Gasteiger partial charge in [-0.25, -0.2) is 9.97 Å². The van der Waals surface area contributed by atoms with E-state index >= 15 is 0 Å². The molecule has 1 atom stereocenters. The Morgan fingerprint density at radius 3 is 2.97 bits per heavy atom. The average molecular weight is 483 g/mol. The molecular formula is C19H18BrF3N6O. The summed E-state index contributed by atoms with van der Waals surface area (Å²) in [4.78, 5) is 12.4. The van der Waals surface area contributed by atoms with Crippen LogP contribution in [0.4, 0.5) is 30.4 Å². The van der Waals surface area contributed by atoms with E-state index in [1.807, 2.05) is 35.0 Å². The number of nitrogens with one attached hydrogen (secondary N) is 1. The summed E-state index contributed by atoms with van der Waals surface area (Å²) in [6.07, 6.45) is 1.17. The quantitative estimate of drug-likeness (QED) is 0.614. The molecule has 3 aromatic rings. The van der Waals surface area contributed by atoms with Gasteiger partial charge >= 0.3 is 6.18 Å². The van der Waals surface area contributed by atoms with Gasteiger partial charge in [0.1, 0.15) is 17.0 Å². The smallest absolute Gasteiger partial charge is 0.401 e. The predicted octanol–water partition coefficient (Wildman–Crippen LogP) is 3.68. The molecule has 5 rings (SSSR count). The van der Waals surface area contributed by atoms with Crippen LogP contribution in [-0.2, 0) is 0 Å². The second-order valence-corrected chi connectivity index (χ2v) is 8.20. The molecule has 7 nitrogen and oxygen atoms in total. The molecule has 0 saturated carbocycles. The summed E-state index contributed by atoms with van der Waals surface area (Å²) in [5.74, 6) is 1.30. The zero-order valence-electron chi connectivity index (χ0n) is 15.7. The summed E-state index contributed by atoms with van der Waals surface area (Å²) < 4.78 is 46.6. The number of ether oxygens (including phenoxy) is 1. The molecule has 30 heavy (non-hydrogen) atoms. The van der Waals surface area contributed by atoms with Gasteiger partial charge in [-0.05, 0) is 28.1 Å². The lowest BCUT2D eigenvalue weighted by Gasteiger charge is -2.45. The van der Waals surface area contributed by atoms with Crippen LogP contribution < -0.4 is 15.0 Å². The normalized spacial score (nSPS) is 19.3. The van der Waals surface area contributed by atoms with E-state index in [0.717, 1.165) is 11.4 Å². The van der Waals surface area contributed by atoms with Crippen molar-refractivity contribution in [1.82, 2.24) is 19.3 Å². The minimum Gasteiger partial charge on any atom is -0.489 e. The Hall–Kier alpha value is -2.53. The number of anilines is 3. The monoisotopic (exact) mass is 482 g/mol. The molecule has 1 saturated heterocycles. The lowest BCUT2D eigenvalue weighted by Crippen LogP contribution is -2.58. The molecule has 0 radical (unpaired) electrons. The SMILES string of the molecule is FC(F)(F)CN1CCN2c3ccc(Nc4nc(Br)cn5ccnc45)cc3OC[C@H]2C1. The molecule has 2 aromatic heterocycles. The van der Waals surface area contributed by atoms with Gasteiger partial charge in [-0.1, -0.05) is 0 Å². The van der Waals surface area contributed by atoms with Gasteiger partial charge in [0, 0.05) is 50.0 Å². The highest BCUT2D eigenvalue weighted by atomic mass is 79.9. The van der Waals surface area contributed by atoms with Gasteiger partial charge in [0.2, 0.25) is 0 Å². The van der Waals surface area contributed by atoms with Crippen LogP contribution in [0.1, 0.15) is 0 Å². The highest BCUT2D eigenvalue weighted by Crippen LogP contribution is 2.38. The largest absolute Gasteiger partial charge is 0.489 e. The summed E-state index contributed by atoms with van der Waals surface area (Å²) in [7, 11) is 0. The fourth-order valence-corrected chi connectivity index (χ4v) is 4.43. The summed E-state index contributed by atoms with van der Waals surface area (Å²) in [5, 5.41) is 3.27. The van der Waals surface area contributed by atoms with E-state index in [9.17, 15) is 13.2 Å². The summed E-state index contributed by atoms with van der Waals surface area (Å²) in [6.45, 7) is 0.708. The predicted molar refractivity (Wildman–Crippen MR) is 110 cm³/mol. The van der Waals surface area contributed by atoms with Crippen LogP contribution in [0.25, 0.3) is 5.65 Å². The fraction of sp³-hybridized carbons (Fsp3) is 0.368. The lowest BCUT2D eigenvalue weighted by molar-refractivity contribution is -0.147. The third-order valence-corrected chi connectivity index (χ3v) is 5.66. The number of hydrogen-bond donors (Lipinski definition) is 1. The maximum atomic E-state index is 12.7. The van der Waals surface area contributed by atoms with Crippen molar-refractivity contribution in [3.05, 3.63) is 41.4 Å². The second kappa shape index (κ2) is 7.31. The fourth-order valence-electron chi connectivity index (χ4n) is 4.03. The molecule has 0 spiro atoms. The third kappa shape index (κ3) is 3.79. The minimum absolute atomic E-state index is 0.0938. The number of imidazole rings is 1. The van der Waals surface area contributed by atoms with Crippen LogP contribution >= 0.6 is 15.9 Å². The molecule has 4 heterocycles. The van der Waals surface area contributed by atoms with Crippen LogP contribution in [0.15, 0.2) is 41.4 Å². The van der Waals surface area contributed by atoms with Crippen molar-refractivity contribution < 1.29 is 17.9 Å². The molecule has 158 valence electrons. The molecule has 1 N–H and O–H groups in total. The van der Waals surface area contributed by atoms with Crippen LogP contribution in [0.3, 0.4) is 0 Å². The Morgan fingerprint density at radius 2 is 2.13 bits per heavy atom. The number of hydrogen-bond acceptors (Lipinski definition) is 6. The first-order chi connectivity index (χ1) is 14.4. The number of rotatable bonds is 3. The highest BCUT2D eigenvalue weighted by molar-refractivity contribution is 9.10. The first-order valence-electron chi connectivity index (χ1n) is 9.44. The van der Waals surface area contributed by atoms with E-state index in [0.29, 0.717) is 48.1 Å². The molecular weight excluding hydrogens is 465 g/mol. The van der Waals surface area contributed by atoms with Gasteiger partial charge in [0.05, 0.1) is 18.3 Å². The summed E-state index contributed by atoms with van der Waals surface area (Å²) in [6, 6.07) is 5.64. The summed E-state index contributed by atoms with van der Waals surface area (Å²) in [5.41, 5.74) is 2.38. The van der Waals surface area contributed by atoms with E-state index in [-0.39, 0.29) is 6.04 Å². The number of benzene rings is 1. The molecule has 0 bridgehead atoms. The Labute approximate surface area is 178 Å². The minimum atomic E-state index is -4.18. The number of aromatic nitrogens is 3. The van der Waals surface area contributed by atoms with Crippen molar-refractivity contribution in [3.8, 4) is 5.75 Å². The van der Waals surface area contributed by atoms with Crippen molar-refractivity contribution >= 4 is 38.8 Å². The number of nitrogens with zero attached hydrogens (tertiary/aromatic N) is 5. The highest BCUT2D eigenvalue weighted by Gasteiger charge is 2.37. The van der Waals surface area contributed by atoms with Crippen molar-refractivity contribution in [2.75, 3.05) is 43.0 Å². The van der Waals surface area contributed by atoms with E-state index < -0.39 is 12.7 Å². The number of piperazine rings is 1. The van der Waals surface area contributed by atoms with Gasteiger partial charge < -0.3 is 19.4 Å². The number of alkyl halides is 3. The first-order valence-corrected chi connectivity index (χ1v) is 10.2. The van der Waals surface area contributed by atoms with E-state index in [2.05, 4.69) is 36.1 Å². The van der Waals surface area contributed by atoms with Crippen molar-refractivity contribution in [1.29, 1.82) is 0 Å². The van der Waals surface area contributed by atoms with E-state index in [1.165, 1.54) is 4.90 Å². The van der Waals surface area contributed by atoms with Crippen LogP contribution in [0, 0.1) is 0 Å². The van der Waals surface area contributed by atoms with Gasteiger partial charge in [0.15, 0.2) is 11.5 Å². The van der Waals surface area contributed by atoms with Crippen LogP contribution in [0.2, 0.25) is 0 Å². The molecule has 1 fully saturated rings. The topological polar surface area (TPSA) is 57.9 Å². The molecule has 0 amide bonds. The van der Waals surface area contributed by atoms with E-state index in [4.69, 9.17) is 4.74 Å². The number of halogens is 4. The van der Waals surface area contributed by atoms with Crippen LogP contribution in [-0.4, -0.2) is 64.3 Å². The summed E-state index contributed by atoms with van der Waals surface area (Å²) >= 11 is 3.40. The Balaban J connectivity index is 1.35. The maximum absolute atomic E-state index is 12.7.